The third kappa shape index (κ3) is 4.50. The van der Waals surface area contributed by atoms with Crippen LogP contribution in [0.5, 0.6) is 5.75 Å². The van der Waals surface area contributed by atoms with Crippen LogP contribution in [0.25, 0.3) is 0 Å². The van der Waals surface area contributed by atoms with Gasteiger partial charge in [0.1, 0.15) is 10.7 Å². The van der Waals surface area contributed by atoms with E-state index in [9.17, 15) is 4.79 Å². The van der Waals surface area contributed by atoms with E-state index in [0.29, 0.717) is 35.9 Å². The Hall–Kier alpha value is -1.33. The van der Waals surface area contributed by atoms with Crippen molar-refractivity contribution >= 4 is 34.7 Å². The maximum atomic E-state index is 11.2. The molecule has 4 nitrogen and oxygen atoms in total. The smallest absolute Gasteiger partial charge is 0.223 e. The number of hydrogen-bond donors (Lipinski definition) is 2. The molecule has 1 aromatic carbocycles. The normalized spacial score (nSPS) is 9.89. The fourth-order valence-corrected chi connectivity index (χ4v) is 1.84. The molecule has 0 saturated heterocycles. The van der Waals surface area contributed by atoms with Gasteiger partial charge in [-0.3, -0.25) is 4.79 Å². The van der Waals surface area contributed by atoms with E-state index in [1.165, 1.54) is 0 Å². The first-order chi connectivity index (χ1) is 8.54. The third-order valence-electron chi connectivity index (χ3n) is 2.18. The molecule has 0 saturated carbocycles. The molecular weight excluding hydrogens is 272 g/mol. The van der Waals surface area contributed by atoms with E-state index >= 15 is 0 Å². The second-order valence-corrected chi connectivity index (χ2v) is 4.40. The van der Waals surface area contributed by atoms with Gasteiger partial charge < -0.3 is 15.8 Å². The Morgan fingerprint density at radius 3 is 2.83 bits per heavy atom. The number of amides is 1. The molecule has 0 bridgehead atoms. The maximum absolute atomic E-state index is 11.2. The van der Waals surface area contributed by atoms with Crippen molar-refractivity contribution in [2.45, 2.75) is 13.3 Å². The van der Waals surface area contributed by atoms with Crippen LogP contribution in [-0.2, 0) is 4.79 Å². The lowest BCUT2D eigenvalue weighted by Gasteiger charge is -2.08. The molecule has 1 aromatic rings. The molecule has 6 heteroatoms. The summed E-state index contributed by atoms with van der Waals surface area (Å²) in [6, 6.07) is 5.05. The molecule has 0 aromatic heterocycles. The van der Waals surface area contributed by atoms with E-state index in [4.69, 9.17) is 34.3 Å². The topological polar surface area (TPSA) is 64.3 Å². The number of hydrogen-bond acceptors (Lipinski definition) is 3. The molecule has 0 aliphatic heterocycles. The fraction of sp³-hybridized carbons (Fsp3) is 0.333. The Labute approximate surface area is 116 Å². The van der Waals surface area contributed by atoms with Crippen LogP contribution in [-0.4, -0.2) is 24.0 Å². The lowest BCUT2D eigenvalue weighted by molar-refractivity contribution is -0.121. The fourth-order valence-electron chi connectivity index (χ4n) is 1.33. The van der Waals surface area contributed by atoms with Crippen LogP contribution in [0.4, 0.5) is 0 Å². The van der Waals surface area contributed by atoms with Crippen molar-refractivity contribution < 1.29 is 9.53 Å². The van der Waals surface area contributed by atoms with Crippen molar-refractivity contribution in [2.24, 2.45) is 5.73 Å². The number of benzene rings is 1. The molecule has 0 unspecified atom stereocenters. The van der Waals surface area contributed by atoms with Crippen molar-refractivity contribution in [2.75, 3.05) is 13.2 Å². The summed E-state index contributed by atoms with van der Waals surface area (Å²) in [6.07, 6.45) is 0.308. The summed E-state index contributed by atoms with van der Waals surface area (Å²) in [4.78, 5) is 11.4. The van der Waals surface area contributed by atoms with E-state index in [-0.39, 0.29) is 10.9 Å². The first kappa shape index (κ1) is 14.7. The van der Waals surface area contributed by atoms with Crippen LogP contribution in [0.2, 0.25) is 5.02 Å². The minimum absolute atomic E-state index is 0.0386. The second-order valence-electron chi connectivity index (χ2n) is 3.56. The van der Waals surface area contributed by atoms with Crippen molar-refractivity contribution in [3.05, 3.63) is 28.8 Å². The molecule has 3 N–H and O–H groups in total. The molecule has 0 spiro atoms. The summed E-state index contributed by atoms with van der Waals surface area (Å²) < 4.78 is 5.41. The summed E-state index contributed by atoms with van der Waals surface area (Å²) in [5, 5.41) is 3.13. The Bertz CT molecular complexity index is 452. The predicted octanol–water partition coefficient (Wildman–Crippen LogP) is 1.88. The number of halogens is 1. The largest absolute Gasteiger partial charge is 0.493 e. The van der Waals surface area contributed by atoms with Gasteiger partial charge in [-0.1, -0.05) is 23.8 Å². The lowest BCUT2D eigenvalue weighted by atomic mass is 10.2. The van der Waals surface area contributed by atoms with Gasteiger partial charge in [0.05, 0.1) is 18.1 Å². The van der Waals surface area contributed by atoms with E-state index in [1.54, 1.807) is 18.2 Å². The molecule has 0 atom stereocenters. The van der Waals surface area contributed by atoms with Gasteiger partial charge in [-0.25, -0.2) is 0 Å². The van der Waals surface area contributed by atoms with Crippen LogP contribution in [0.15, 0.2) is 18.2 Å². The van der Waals surface area contributed by atoms with Gasteiger partial charge in [0.25, 0.3) is 0 Å². The number of nitrogens with one attached hydrogen (secondary N) is 1. The quantitative estimate of drug-likeness (QED) is 0.784. The van der Waals surface area contributed by atoms with Gasteiger partial charge in [-0.05, 0) is 25.1 Å². The Morgan fingerprint density at radius 1 is 1.56 bits per heavy atom. The number of nitrogens with two attached hydrogens (primary N) is 1. The lowest BCUT2D eigenvalue weighted by Crippen LogP contribution is -2.24. The van der Waals surface area contributed by atoms with Crippen molar-refractivity contribution in [3.8, 4) is 5.75 Å². The third-order valence-corrected chi connectivity index (χ3v) is 2.71. The summed E-state index contributed by atoms with van der Waals surface area (Å²) in [7, 11) is 0. The molecule has 0 radical (unpaired) electrons. The zero-order valence-corrected chi connectivity index (χ0v) is 11.6. The second kappa shape index (κ2) is 7.18. The van der Waals surface area contributed by atoms with Gasteiger partial charge >= 0.3 is 0 Å². The molecule has 0 heterocycles. The molecule has 0 aliphatic carbocycles. The van der Waals surface area contributed by atoms with Gasteiger partial charge in [0.2, 0.25) is 5.91 Å². The number of rotatable bonds is 6. The van der Waals surface area contributed by atoms with E-state index in [0.717, 1.165) is 0 Å². The Balaban J connectivity index is 2.51. The van der Waals surface area contributed by atoms with Crippen LogP contribution < -0.4 is 15.8 Å². The average Bonchev–Trinajstić information content (AvgIpc) is 2.29. The van der Waals surface area contributed by atoms with E-state index in [1.807, 2.05) is 6.92 Å². The Morgan fingerprint density at radius 2 is 2.28 bits per heavy atom. The van der Waals surface area contributed by atoms with Gasteiger partial charge in [-0.2, -0.15) is 0 Å². The summed E-state index contributed by atoms with van der Waals surface area (Å²) in [6.45, 7) is 2.79. The number of ether oxygens (including phenoxy) is 1. The van der Waals surface area contributed by atoms with E-state index in [2.05, 4.69) is 5.32 Å². The van der Waals surface area contributed by atoms with Crippen LogP contribution >= 0.6 is 23.8 Å². The van der Waals surface area contributed by atoms with Crippen LogP contribution in [0.3, 0.4) is 0 Å². The summed E-state index contributed by atoms with van der Waals surface area (Å²) in [5.74, 6) is 0.549. The Kier molecular flexibility index (Phi) is 5.88. The maximum Gasteiger partial charge on any atom is 0.223 e. The number of carbonyl (C=O) groups is 1. The SMILES string of the molecule is CCNC(=O)CCOc1ccc(C(N)=S)c(Cl)c1. The van der Waals surface area contributed by atoms with Crippen LogP contribution in [0, 0.1) is 0 Å². The van der Waals surface area contributed by atoms with Crippen molar-refractivity contribution in [1.29, 1.82) is 0 Å². The first-order valence-corrected chi connectivity index (χ1v) is 6.32. The zero-order valence-electron chi connectivity index (χ0n) is 10.0. The number of carbonyl (C=O) groups excluding carboxylic acids is 1. The monoisotopic (exact) mass is 286 g/mol. The highest BCUT2D eigenvalue weighted by Crippen LogP contribution is 2.22. The summed E-state index contributed by atoms with van der Waals surface area (Å²) in [5.41, 5.74) is 6.10. The zero-order chi connectivity index (χ0) is 13.5. The van der Waals surface area contributed by atoms with Crippen LogP contribution in [0.1, 0.15) is 18.9 Å². The first-order valence-electron chi connectivity index (χ1n) is 5.53. The van der Waals surface area contributed by atoms with Crippen molar-refractivity contribution in [3.63, 3.8) is 0 Å². The highest BCUT2D eigenvalue weighted by atomic mass is 35.5. The molecule has 18 heavy (non-hydrogen) atoms. The molecular formula is C12H15ClN2O2S. The van der Waals surface area contributed by atoms with Gasteiger partial charge in [0.15, 0.2) is 0 Å². The minimum atomic E-state index is -0.0386. The highest BCUT2D eigenvalue weighted by Gasteiger charge is 2.05. The van der Waals surface area contributed by atoms with Crippen molar-refractivity contribution in [1.82, 2.24) is 5.32 Å². The molecule has 0 fully saturated rings. The average molecular weight is 287 g/mol. The van der Waals surface area contributed by atoms with Gasteiger partial charge in [0, 0.05) is 12.1 Å². The summed E-state index contributed by atoms with van der Waals surface area (Å²) >= 11 is 10.8. The minimum Gasteiger partial charge on any atom is -0.493 e. The highest BCUT2D eigenvalue weighted by molar-refractivity contribution is 7.80. The van der Waals surface area contributed by atoms with Gasteiger partial charge in [-0.15, -0.1) is 0 Å². The standard InChI is InChI=1S/C12H15ClN2O2S/c1-2-15-11(16)5-6-17-8-3-4-9(12(14)18)10(13)7-8/h3-4,7H,2,5-6H2,1H3,(H2,14,18)(H,15,16). The van der Waals surface area contributed by atoms with E-state index < -0.39 is 0 Å². The molecule has 98 valence electrons. The predicted molar refractivity (Wildman–Crippen MR) is 76.1 cm³/mol. The number of thiocarbonyl (C=S) groups is 1. The molecule has 0 aliphatic rings. The molecule has 1 rings (SSSR count). The molecule has 1 amide bonds.